The molecule has 1 rings (SSSR count). The van der Waals surface area contributed by atoms with Crippen molar-refractivity contribution in [2.75, 3.05) is 0 Å². The average Bonchev–Trinajstić information content (AvgIpc) is 2.33. The van der Waals surface area contributed by atoms with Gasteiger partial charge in [0, 0.05) is 9.99 Å². The molecule has 1 aromatic rings. The highest BCUT2D eigenvalue weighted by Gasteiger charge is 2.39. The predicted octanol–water partition coefficient (Wildman–Crippen LogP) is 5.33. The van der Waals surface area contributed by atoms with Gasteiger partial charge in [0.15, 0.2) is 8.32 Å². The lowest BCUT2D eigenvalue weighted by atomic mass is 10.1. The van der Waals surface area contributed by atoms with Gasteiger partial charge in [0.1, 0.15) is 6.29 Å². The fourth-order valence-electron chi connectivity index (χ4n) is 1.77. The van der Waals surface area contributed by atoms with Crippen molar-refractivity contribution in [1.29, 1.82) is 0 Å². The number of aldehydes is 1. The molecule has 0 aliphatic heterocycles. The maximum Gasteiger partial charge on any atom is 0.192 e. The van der Waals surface area contributed by atoms with E-state index in [0.29, 0.717) is 6.42 Å². The van der Waals surface area contributed by atoms with Gasteiger partial charge >= 0.3 is 0 Å². The van der Waals surface area contributed by atoms with Crippen molar-refractivity contribution >= 4 is 37.2 Å². The number of benzene rings is 1. The van der Waals surface area contributed by atoms with Crippen LogP contribution in [0.3, 0.4) is 0 Å². The summed E-state index contributed by atoms with van der Waals surface area (Å²) in [4.78, 5) is 10.7. The van der Waals surface area contributed by atoms with Crippen molar-refractivity contribution in [3.8, 4) is 0 Å². The molecule has 0 radical (unpaired) electrons. The van der Waals surface area contributed by atoms with E-state index in [9.17, 15) is 4.79 Å². The van der Waals surface area contributed by atoms with Gasteiger partial charge in [-0.2, -0.15) is 0 Å². The SMILES string of the molecule is CC(C)(C)[Si](C)(C)OC(CCC=O)c1ccccc1I. The summed E-state index contributed by atoms with van der Waals surface area (Å²) in [5, 5.41) is 0.173. The van der Waals surface area contributed by atoms with E-state index in [1.807, 2.05) is 12.1 Å². The first-order chi connectivity index (χ1) is 9.19. The van der Waals surface area contributed by atoms with E-state index in [2.05, 4.69) is 68.6 Å². The maximum absolute atomic E-state index is 10.7. The summed E-state index contributed by atoms with van der Waals surface area (Å²) in [6.07, 6.45) is 2.31. The molecular formula is C16H25IO2Si. The molecule has 0 heterocycles. The first kappa shape index (κ1) is 17.8. The predicted molar refractivity (Wildman–Crippen MR) is 95.5 cm³/mol. The van der Waals surface area contributed by atoms with Gasteiger partial charge in [-0.3, -0.25) is 0 Å². The van der Waals surface area contributed by atoms with E-state index >= 15 is 0 Å². The monoisotopic (exact) mass is 404 g/mol. The second-order valence-corrected chi connectivity index (χ2v) is 12.6. The van der Waals surface area contributed by atoms with E-state index in [1.165, 1.54) is 9.13 Å². The van der Waals surface area contributed by atoms with Gasteiger partial charge in [0.05, 0.1) is 6.10 Å². The van der Waals surface area contributed by atoms with Gasteiger partial charge in [-0.1, -0.05) is 39.0 Å². The Morgan fingerprint density at radius 1 is 1.30 bits per heavy atom. The second-order valence-electron chi connectivity index (χ2n) is 6.63. The summed E-state index contributed by atoms with van der Waals surface area (Å²) in [5.74, 6) is 0. The molecule has 20 heavy (non-hydrogen) atoms. The van der Waals surface area contributed by atoms with Crippen molar-refractivity contribution in [3.05, 3.63) is 33.4 Å². The molecule has 2 nitrogen and oxygen atoms in total. The quantitative estimate of drug-likeness (QED) is 0.364. The molecule has 1 atom stereocenters. The topological polar surface area (TPSA) is 26.3 Å². The van der Waals surface area contributed by atoms with Crippen LogP contribution < -0.4 is 0 Å². The molecule has 0 aromatic heterocycles. The average molecular weight is 404 g/mol. The van der Waals surface area contributed by atoms with Crippen LogP contribution in [-0.2, 0) is 9.22 Å². The molecule has 0 N–H and O–H groups in total. The van der Waals surface area contributed by atoms with Gasteiger partial charge in [-0.15, -0.1) is 0 Å². The molecule has 1 unspecified atom stereocenters. The minimum Gasteiger partial charge on any atom is -0.410 e. The Balaban J connectivity index is 3.02. The van der Waals surface area contributed by atoms with Gasteiger partial charge in [0.2, 0.25) is 0 Å². The first-order valence-corrected chi connectivity index (χ1v) is 11.0. The molecule has 0 aliphatic carbocycles. The van der Waals surface area contributed by atoms with E-state index < -0.39 is 8.32 Å². The summed E-state index contributed by atoms with van der Waals surface area (Å²) >= 11 is 2.35. The molecular weight excluding hydrogens is 379 g/mol. The van der Waals surface area contributed by atoms with Crippen LogP contribution in [0, 0.1) is 3.57 Å². The third-order valence-corrected chi connectivity index (χ3v) is 9.51. The summed E-state index contributed by atoms with van der Waals surface area (Å²) < 4.78 is 7.75. The second kappa shape index (κ2) is 7.18. The fraction of sp³-hybridized carbons (Fsp3) is 0.562. The summed E-state index contributed by atoms with van der Waals surface area (Å²) in [5.41, 5.74) is 1.21. The number of hydrogen-bond donors (Lipinski definition) is 0. The van der Waals surface area contributed by atoms with E-state index in [1.54, 1.807) is 0 Å². The summed E-state index contributed by atoms with van der Waals surface area (Å²) in [6, 6.07) is 8.29. The molecule has 0 aliphatic rings. The maximum atomic E-state index is 10.7. The van der Waals surface area contributed by atoms with Crippen molar-refractivity contribution in [2.24, 2.45) is 0 Å². The van der Waals surface area contributed by atoms with Crippen molar-refractivity contribution < 1.29 is 9.22 Å². The number of carbonyl (C=O) groups is 1. The molecule has 0 saturated carbocycles. The van der Waals surface area contributed by atoms with Crippen molar-refractivity contribution in [3.63, 3.8) is 0 Å². The number of carbonyl (C=O) groups excluding carboxylic acids is 1. The Labute approximate surface area is 137 Å². The lowest BCUT2D eigenvalue weighted by molar-refractivity contribution is -0.108. The van der Waals surface area contributed by atoms with E-state index in [-0.39, 0.29) is 11.1 Å². The van der Waals surface area contributed by atoms with Gasteiger partial charge in [-0.05, 0) is 58.8 Å². The van der Waals surface area contributed by atoms with Crippen molar-refractivity contribution in [2.45, 2.75) is 57.8 Å². The molecule has 0 spiro atoms. The van der Waals surface area contributed by atoms with E-state index in [4.69, 9.17) is 4.43 Å². The molecule has 112 valence electrons. The molecule has 0 bridgehead atoms. The first-order valence-electron chi connectivity index (χ1n) is 7.05. The van der Waals surface area contributed by atoms with Crippen LogP contribution in [0.4, 0.5) is 0 Å². The fourth-order valence-corrected chi connectivity index (χ4v) is 3.81. The number of halogens is 1. The Bertz CT molecular complexity index is 452. The normalized spacial score (nSPS) is 14.1. The highest BCUT2D eigenvalue weighted by molar-refractivity contribution is 14.1. The Morgan fingerprint density at radius 2 is 1.90 bits per heavy atom. The molecule has 1 aromatic carbocycles. The van der Waals surface area contributed by atoms with Crippen LogP contribution in [0.15, 0.2) is 24.3 Å². The van der Waals surface area contributed by atoms with Gasteiger partial charge in [0.25, 0.3) is 0 Å². The zero-order valence-electron chi connectivity index (χ0n) is 13.1. The molecule has 0 amide bonds. The molecule has 0 saturated heterocycles. The van der Waals surface area contributed by atoms with Crippen LogP contribution in [0.1, 0.15) is 45.3 Å². The van der Waals surface area contributed by atoms with Crippen LogP contribution in [0.5, 0.6) is 0 Å². The molecule has 4 heteroatoms. The van der Waals surface area contributed by atoms with Crippen LogP contribution >= 0.6 is 22.6 Å². The van der Waals surface area contributed by atoms with Gasteiger partial charge < -0.3 is 9.22 Å². The minimum absolute atomic E-state index is 0.0224. The lowest BCUT2D eigenvalue weighted by Crippen LogP contribution is -2.42. The lowest BCUT2D eigenvalue weighted by Gasteiger charge is -2.39. The third kappa shape index (κ3) is 4.67. The van der Waals surface area contributed by atoms with E-state index in [0.717, 1.165) is 12.7 Å². The number of hydrogen-bond acceptors (Lipinski definition) is 2. The standard InChI is InChI=1S/C16H25IO2Si/c1-16(2,3)20(4,5)19-15(11-8-12-18)13-9-6-7-10-14(13)17/h6-7,9-10,12,15H,8,11H2,1-5H3. The summed E-state index contributed by atoms with van der Waals surface area (Å²) in [7, 11) is -1.84. The molecule has 0 fully saturated rings. The highest BCUT2D eigenvalue weighted by atomic mass is 127. The third-order valence-electron chi connectivity index (χ3n) is 4.04. The Hall–Kier alpha value is -0.203. The Kier molecular flexibility index (Phi) is 6.41. The van der Waals surface area contributed by atoms with Gasteiger partial charge in [-0.25, -0.2) is 0 Å². The summed E-state index contributed by atoms with van der Waals surface area (Å²) in [6.45, 7) is 11.2. The minimum atomic E-state index is -1.84. The number of rotatable bonds is 6. The smallest absolute Gasteiger partial charge is 0.192 e. The Morgan fingerprint density at radius 3 is 2.40 bits per heavy atom. The highest BCUT2D eigenvalue weighted by Crippen LogP contribution is 2.41. The zero-order chi connectivity index (χ0) is 15.4. The largest absolute Gasteiger partial charge is 0.410 e. The van der Waals surface area contributed by atoms with Crippen molar-refractivity contribution in [1.82, 2.24) is 0 Å². The van der Waals surface area contributed by atoms with Crippen LogP contribution in [-0.4, -0.2) is 14.6 Å². The van der Waals surface area contributed by atoms with Crippen LogP contribution in [0.2, 0.25) is 18.1 Å². The van der Waals surface area contributed by atoms with Crippen LogP contribution in [0.25, 0.3) is 0 Å². The zero-order valence-corrected chi connectivity index (χ0v) is 16.2.